The van der Waals surface area contributed by atoms with Crippen LogP contribution in [0.25, 0.3) is 0 Å². The summed E-state index contributed by atoms with van der Waals surface area (Å²) in [6.07, 6.45) is 1.86. The molecule has 0 radical (unpaired) electrons. The number of nitrogens with zero attached hydrogens (tertiary/aromatic N) is 2. The zero-order valence-electron chi connectivity index (χ0n) is 11.1. The molecule has 0 spiro atoms. The van der Waals surface area contributed by atoms with Crippen molar-refractivity contribution in [2.75, 3.05) is 32.8 Å². The van der Waals surface area contributed by atoms with Gasteiger partial charge in [-0.25, -0.2) is 4.79 Å². The fraction of sp³-hybridized carbons (Fsp3) is 0.750. The van der Waals surface area contributed by atoms with Crippen molar-refractivity contribution in [1.82, 2.24) is 15.1 Å². The lowest BCUT2D eigenvalue weighted by atomic mass is 10.1. The van der Waals surface area contributed by atoms with Gasteiger partial charge in [-0.05, 0) is 6.42 Å². The summed E-state index contributed by atoms with van der Waals surface area (Å²) in [4.78, 5) is 37.7. The van der Waals surface area contributed by atoms with Gasteiger partial charge < -0.3 is 14.5 Å². The number of carbonyl (C=O) groups excluding carboxylic acids is 3. The normalized spacial score (nSPS) is 23.7. The molecule has 19 heavy (non-hydrogen) atoms. The molecule has 1 N–H and O–H groups in total. The molecular weight excluding hydrogens is 250 g/mol. The van der Waals surface area contributed by atoms with Gasteiger partial charge in [0.15, 0.2) is 0 Å². The fourth-order valence-electron chi connectivity index (χ4n) is 2.42. The van der Waals surface area contributed by atoms with Crippen molar-refractivity contribution in [3.63, 3.8) is 0 Å². The van der Waals surface area contributed by atoms with E-state index in [0.29, 0.717) is 19.8 Å². The van der Waals surface area contributed by atoms with Crippen LogP contribution in [0.15, 0.2) is 0 Å². The second-order valence-electron chi connectivity index (χ2n) is 4.81. The maximum Gasteiger partial charge on any atom is 0.325 e. The maximum absolute atomic E-state index is 12.2. The summed E-state index contributed by atoms with van der Waals surface area (Å²) >= 11 is 0. The van der Waals surface area contributed by atoms with Crippen LogP contribution in [-0.4, -0.2) is 66.5 Å². The van der Waals surface area contributed by atoms with Gasteiger partial charge >= 0.3 is 6.03 Å². The molecule has 0 aromatic rings. The topological polar surface area (TPSA) is 79.0 Å². The second-order valence-corrected chi connectivity index (χ2v) is 4.81. The van der Waals surface area contributed by atoms with Gasteiger partial charge in [0.2, 0.25) is 11.8 Å². The zero-order valence-corrected chi connectivity index (χ0v) is 11.1. The molecule has 7 heteroatoms. The van der Waals surface area contributed by atoms with Gasteiger partial charge in [-0.15, -0.1) is 0 Å². The molecule has 0 aromatic carbocycles. The molecule has 0 aromatic heterocycles. The Morgan fingerprint density at radius 2 is 2.26 bits per heavy atom. The van der Waals surface area contributed by atoms with E-state index in [1.54, 1.807) is 4.90 Å². The van der Waals surface area contributed by atoms with Gasteiger partial charge in [0.25, 0.3) is 0 Å². The van der Waals surface area contributed by atoms with E-state index in [4.69, 9.17) is 4.74 Å². The molecule has 2 fully saturated rings. The number of hydrogen-bond acceptors (Lipinski definition) is 4. The van der Waals surface area contributed by atoms with Crippen molar-refractivity contribution in [3.05, 3.63) is 0 Å². The monoisotopic (exact) mass is 269 g/mol. The van der Waals surface area contributed by atoms with E-state index in [0.717, 1.165) is 12.8 Å². The number of morpholine rings is 1. The molecule has 2 aliphatic rings. The molecule has 2 saturated heterocycles. The third-order valence-electron chi connectivity index (χ3n) is 3.36. The number of carbonyl (C=O) groups is 3. The minimum atomic E-state index is -0.487. The van der Waals surface area contributed by atoms with E-state index >= 15 is 0 Å². The van der Waals surface area contributed by atoms with Gasteiger partial charge in [-0.3, -0.25) is 14.9 Å². The van der Waals surface area contributed by atoms with E-state index in [9.17, 15) is 14.4 Å². The number of amides is 4. The number of ether oxygens (including phenoxy) is 1. The van der Waals surface area contributed by atoms with Crippen LogP contribution >= 0.6 is 0 Å². The summed E-state index contributed by atoms with van der Waals surface area (Å²) in [7, 11) is 0. The Kier molecular flexibility index (Phi) is 4.36. The maximum atomic E-state index is 12.2. The van der Waals surface area contributed by atoms with Crippen LogP contribution in [0.5, 0.6) is 0 Å². The van der Waals surface area contributed by atoms with E-state index in [1.807, 2.05) is 0 Å². The van der Waals surface area contributed by atoms with Crippen molar-refractivity contribution in [1.29, 1.82) is 0 Å². The minimum absolute atomic E-state index is 0.0344. The first-order valence-corrected chi connectivity index (χ1v) is 6.57. The fourth-order valence-corrected chi connectivity index (χ4v) is 2.42. The molecule has 0 bridgehead atoms. The van der Waals surface area contributed by atoms with Crippen LogP contribution in [0.1, 0.15) is 19.8 Å². The van der Waals surface area contributed by atoms with Crippen molar-refractivity contribution in [2.24, 2.45) is 0 Å². The molecule has 0 aliphatic carbocycles. The molecule has 0 unspecified atom stereocenters. The quantitative estimate of drug-likeness (QED) is 0.702. The average molecular weight is 269 g/mol. The molecule has 2 heterocycles. The summed E-state index contributed by atoms with van der Waals surface area (Å²) in [6, 6.07) is -0.411. The Morgan fingerprint density at radius 3 is 2.89 bits per heavy atom. The van der Waals surface area contributed by atoms with Crippen molar-refractivity contribution in [2.45, 2.75) is 25.8 Å². The van der Waals surface area contributed by atoms with Gasteiger partial charge in [0, 0.05) is 6.54 Å². The van der Waals surface area contributed by atoms with Crippen molar-refractivity contribution >= 4 is 17.8 Å². The van der Waals surface area contributed by atoms with Crippen LogP contribution in [0.3, 0.4) is 0 Å². The Morgan fingerprint density at radius 1 is 1.47 bits per heavy atom. The molecule has 4 amide bonds. The number of rotatable bonds is 4. The summed E-state index contributed by atoms with van der Waals surface area (Å²) in [5.41, 5.74) is 0. The van der Waals surface area contributed by atoms with Gasteiger partial charge in [0.05, 0.1) is 19.3 Å². The molecular formula is C12H19N3O4. The molecule has 106 valence electrons. The lowest BCUT2D eigenvalue weighted by Gasteiger charge is -2.36. The molecule has 2 rings (SSSR count). The smallest absolute Gasteiger partial charge is 0.325 e. The highest BCUT2D eigenvalue weighted by atomic mass is 16.5. The minimum Gasteiger partial charge on any atom is -0.377 e. The predicted octanol–water partition coefficient (Wildman–Crippen LogP) is -0.434. The highest BCUT2D eigenvalue weighted by molar-refractivity contribution is 6.03. The van der Waals surface area contributed by atoms with Crippen LogP contribution in [0, 0.1) is 0 Å². The summed E-state index contributed by atoms with van der Waals surface area (Å²) in [5.74, 6) is -0.475. The van der Waals surface area contributed by atoms with E-state index in [-0.39, 0.29) is 30.9 Å². The van der Waals surface area contributed by atoms with Gasteiger partial charge in [-0.1, -0.05) is 13.3 Å². The average Bonchev–Trinajstić information content (AvgIpc) is 2.69. The SMILES string of the molecule is CCC[C@@H]1COCCN1C(=O)CN1CC(=O)NC1=O. The van der Waals surface area contributed by atoms with Crippen molar-refractivity contribution < 1.29 is 19.1 Å². The highest BCUT2D eigenvalue weighted by Gasteiger charge is 2.32. The van der Waals surface area contributed by atoms with Crippen molar-refractivity contribution in [3.8, 4) is 0 Å². The number of urea groups is 1. The number of hydrogen-bond donors (Lipinski definition) is 1. The highest BCUT2D eigenvalue weighted by Crippen LogP contribution is 2.13. The standard InChI is InChI=1S/C12H19N3O4/c1-2-3-9-8-19-5-4-15(9)11(17)7-14-6-10(16)13-12(14)18/h9H,2-8H2,1H3,(H,13,16,18)/t9-/m1/s1. The lowest BCUT2D eigenvalue weighted by molar-refractivity contribution is -0.140. The predicted molar refractivity (Wildman–Crippen MR) is 66.3 cm³/mol. The first-order chi connectivity index (χ1) is 9.11. The Balaban J connectivity index is 1.94. The van der Waals surface area contributed by atoms with E-state index in [2.05, 4.69) is 12.2 Å². The Labute approximate surface area is 111 Å². The lowest BCUT2D eigenvalue weighted by Crippen LogP contribution is -2.52. The van der Waals surface area contributed by atoms with Gasteiger partial charge in [-0.2, -0.15) is 0 Å². The van der Waals surface area contributed by atoms with Crippen LogP contribution < -0.4 is 5.32 Å². The summed E-state index contributed by atoms with van der Waals surface area (Å²) in [6.45, 7) is 3.60. The third-order valence-corrected chi connectivity index (χ3v) is 3.36. The Hall–Kier alpha value is -1.63. The molecule has 2 aliphatic heterocycles. The Bertz CT molecular complexity index is 383. The third kappa shape index (κ3) is 3.23. The number of nitrogens with one attached hydrogen (secondary N) is 1. The summed E-state index contributed by atoms with van der Waals surface area (Å²) < 4.78 is 5.38. The van der Waals surface area contributed by atoms with Crippen LogP contribution in [-0.2, 0) is 14.3 Å². The van der Waals surface area contributed by atoms with Crippen LogP contribution in [0.2, 0.25) is 0 Å². The second kappa shape index (κ2) is 6.01. The first kappa shape index (κ1) is 13.8. The molecule has 7 nitrogen and oxygen atoms in total. The molecule has 1 atom stereocenters. The zero-order chi connectivity index (χ0) is 13.8. The first-order valence-electron chi connectivity index (χ1n) is 6.57. The van der Waals surface area contributed by atoms with Gasteiger partial charge in [0.1, 0.15) is 13.1 Å². The summed E-state index contributed by atoms with van der Waals surface area (Å²) in [5, 5.41) is 2.16. The van der Waals surface area contributed by atoms with E-state index < -0.39 is 6.03 Å². The largest absolute Gasteiger partial charge is 0.377 e. The van der Waals surface area contributed by atoms with E-state index in [1.165, 1.54) is 4.90 Å². The van der Waals surface area contributed by atoms with Crippen LogP contribution in [0.4, 0.5) is 4.79 Å². The molecule has 0 saturated carbocycles. The number of imide groups is 1.